The minimum Gasteiger partial charge on any atom is -0.353 e. The van der Waals surface area contributed by atoms with Crippen molar-refractivity contribution in [2.24, 2.45) is 0 Å². The molecule has 0 radical (unpaired) electrons. The molecule has 3 aromatic rings. The maximum atomic E-state index is 13.1. The average Bonchev–Trinajstić information content (AvgIpc) is 3.35. The van der Waals surface area contributed by atoms with Crippen LogP contribution in [0.5, 0.6) is 0 Å². The maximum absolute atomic E-state index is 13.1. The van der Waals surface area contributed by atoms with Gasteiger partial charge in [-0.25, -0.2) is 9.67 Å². The Morgan fingerprint density at radius 1 is 1.21 bits per heavy atom. The van der Waals surface area contributed by atoms with Gasteiger partial charge in [0.05, 0.1) is 11.4 Å². The number of benzene rings is 1. The highest BCUT2D eigenvalue weighted by Gasteiger charge is 2.20. The molecule has 1 N–H and O–H groups in total. The monoisotopic (exact) mass is 393 g/mol. The first-order valence-electron chi connectivity index (χ1n) is 10.4. The van der Waals surface area contributed by atoms with Crippen molar-refractivity contribution in [3.05, 3.63) is 52.1 Å². The van der Waals surface area contributed by atoms with E-state index in [-0.39, 0.29) is 23.9 Å². The molecule has 2 aromatic heterocycles. The molecule has 1 aliphatic rings. The predicted octanol–water partition coefficient (Wildman–Crippen LogP) is 2.90. The minimum atomic E-state index is -0.147. The molecular formula is C22H27N5O2. The van der Waals surface area contributed by atoms with Gasteiger partial charge < -0.3 is 5.32 Å². The maximum Gasteiger partial charge on any atom is 0.273 e. The van der Waals surface area contributed by atoms with Crippen molar-refractivity contribution < 1.29 is 4.79 Å². The van der Waals surface area contributed by atoms with E-state index in [1.54, 1.807) is 9.25 Å². The van der Waals surface area contributed by atoms with Gasteiger partial charge in [-0.15, -0.1) is 0 Å². The summed E-state index contributed by atoms with van der Waals surface area (Å²) in [4.78, 5) is 30.0. The van der Waals surface area contributed by atoms with Crippen LogP contribution in [0.4, 0.5) is 0 Å². The topological polar surface area (TPSA) is 81.8 Å². The number of amides is 1. The summed E-state index contributed by atoms with van der Waals surface area (Å²) >= 11 is 0. The highest BCUT2D eigenvalue weighted by Crippen LogP contribution is 2.20. The molecule has 29 heavy (non-hydrogen) atoms. The van der Waals surface area contributed by atoms with Crippen molar-refractivity contribution in [1.82, 2.24) is 24.6 Å². The van der Waals surface area contributed by atoms with Gasteiger partial charge in [0.15, 0.2) is 5.65 Å². The highest BCUT2D eigenvalue weighted by atomic mass is 16.1. The molecule has 1 fully saturated rings. The summed E-state index contributed by atoms with van der Waals surface area (Å²) in [5.41, 5.74) is 3.34. The average molecular weight is 393 g/mol. The lowest BCUT2D eigenvalue weighted by Crippen LogP contribution is -2.33. The number of hydrogen-bond donors (Lipinski definition) is 1. The van der Waals surface area contributed by atoms with Gasteiger partial charge >= 0.3 is 0 Å². The Morgan fingerprint density at radius 3 is 2.62 bits per heavy atom. The number of carbonyl (C=O) groups is 1. The number of para-hydroxylation sites is 1. The third kappa shape index (κ3) is 3.81. The van der Waals surface area contributed by atoms with Crippen LogP contribution in [0.2, 0.25) is 0 Å². The number of nitrogens with zero attached hydrogens (tertiary/aromatic N) is 4. The first-order chi connectivity index (χ1) is 14.1. The van der Waals surface area contributed by atoms with E-state index in [9.17, 15) is 9.59 Å². The fourth-order valence-corrected chi connectivity index (χ4v) is 4.12. The molecule has 7 nitrogen and oxygen atoms in total. The predicted molar refractivity (Wildman–Crippen MR) is 112 cm³/mol. The lowest BCUT2D eigenvalue weighted by molar-refractivity contribution is -0.121. The van der Waals surface area contributed by atoms with Crippen LogP contribution >= 0.6 is 0 Å². The van der Waals surface area contributed by atoms with Crippen molar-refractivity contribution in [1.29, 1.82) is 0 Å². The van der Waals surface area contributed by atoms with Crippen molar-refractivity contribution >= 4 is 17.1 Å². The van der Waals surface area contributed by atoms with Crippen LogP contribution in [0.25, 0.3) is 16.9 Å². The molecule has 0 spiro atoms. The van der Waals surface area contributed by atoms with Gasteiger partial charge in [-0.1, -0.05) is 31.0 Å². The zero-order valence-electron chi connectivity index (χ0n) is 17.0. The summed E-state index contributed by atoms with van der Waals surface area (Å²) in [6.07, 6.45) is 5.07. The van der Waals surface area contributed by atoms with E-state index in [2.05, 4.69) is 15.4 Å². The standard InChI is InChI=1S/C22H27N5O2/c1-3-26-21-20(15(2)25-27(21)17-11-5-4-6-12-17)24-18(22(26)29)13-14-19(28)23-16-9-7-8-10-16/h4-6,11-12,16H,3,7-10,13-14H2,1-2H3,(H,23,28). The zero-order chi connectivity index (χ0) is 20.4. The second-order valence-corrected chi connectivity index (χ2v) is 7.66. The Kier molecular flexibility index (Phi) is 5.47. The van der Waals surface area contributed by atoms with Crippen molar-refractivity contribution in [3.8, 4) is 5.69 Å². The molecule has 1 amide bonds. The van der Waals surface area contributed by atoms with Crippen LogP contribution in [0.15, 0.2) is 35.1 Å². The van der Waals surface area contributed by atoms with Crippen LogP contribution < -0.4 is 10.9 Å². The zero-order valence-corrected chi connectivity index (χ0v) is 17.0. The quantitative estimate of drug-likeness (QED) is 0.698. The summed E-state index contributed by atoms with van der Waals surface area (Å²) in [6.45, 7) is 4.35. The van der Waals surface area contributed by atoms with E-state index in [0.717, 1.165) is 24.2 Å². The fourth-order valence-electron chi connectivity index (χ4n) is 4.12. The Morgan fingerprint density at radius 2 is 1.93 bits per heavy atom. The molecule has 0 aliphatic heterocycles. The Bertz CT molecular complexity index is 1080. The van der Waals surface area contributed by atoms with E-state index in [4.69, 9.17) is 0 Å². The molecule has 0 atom stereocenters. The first kappa shape index (κ1) is 19.4. The molecule has 7 heteroatoms. The van der Waals surface area contributed by atoms with Gasteiger partial charge in [-0.3, -0.25) is 14.2 Å². The second-order valence-electron chi connectivity index (χ2n) is 7.66. The molecule has 2 heterocycles. The minimum absolute atomic E-state index is 0.00190. The summed E-state index contributed by atoms with van der Waals surface area (Å²) in [5.74, 6) is -0.00190. The third-order valence-corrected chi connectivity index (χ3v) is 5.63. The molecule has 1 saturated carbocycles. The Labute approximate surface area is 169 Å². The van der Waals surface area contributed by atoms with Gasteiger partial charge in [-0.05, 0) is 38.8 Å². The molecular weight excluding hydrogens is 366 g/mol. The molecule has 0 bridgehead atoms. The number of nitrogens with one attached hydrogen (secondary N) is 1. The largest absolute Gasteiger partial charge is 0.353 e. The molecule has 4 rings (SSSR count). The van der Waals surface area contributed by atoms with Crippen molar-refractivity contribution in [2.75, 3.05) is 0 Å². The fraction of sp³-hybridized carbons (Fsp3) is 0.455. The molecule has 0 saturated heterocycles. The van der Waals surface area contributed by atoms with Gasteiger partial charge in [0.1, 0.15) is 11.2 Å². The summed E-state index contributed by atoms with van der Waals surface area (Å²) in [6, 6.07) is 10.0. The second kappa shape index (κ2) is 8.19. The SMILES string of the molecule is CCn1c(=O)c(CCC(=O)NC2CCCC2)nc2c(C)nn(-c3ccccc3)c21. The van der Waals surface area contributed by atoms with Crippen LogP contribution in [0, 0.1) is 6.92 Å². The van der Waals surface area contributed by atoms with E-state index >= 15 is 0 Å². The Hall–Kier alpha value is -2.96. The van der Waals surface area contributed by atoms with E-state index in [1.165, 1.54) is 12.8 Å². The number of fused-ring (bicyclic) bond motifs is 1. The lowest BCUT2D eigenvalue weighted by Gasteiger charge is -2.13. The number of rotatable bonds is 6. The van der Waals surface area contributed by atoms with Gasteiger partial charge in [-0.2, -0.15) is 5.10 Å². The number of aromatic nitrogens is 4. The van der Waals surface area contributed by atoms with Crippen LogP contribution in [-0.2, 0) is 17.8 Å². The summed E-state index contributed by atoms with van der Waals surface area (Å²) in [7, 11) is 0. The van der Waals surface area contributed by atoms with E-state index in [0.29, 0.717) is 29.8 Å². The van der Waals surface area contributed by atoms with Gasteiger partial charge in [0.2, 0.25) is 5.91 Å². The van der Waals surface area contributed by atoms with Crippen LogP contribution in [0.1, 0.15) is 50.4 Å². The van der Waals surface area contributed by atoms with Gasteiger partial charge in [0, 0.05) is 25.4 Å². The highest BCUT2D eigenvalue weighted by molar-refractivity contribution is 5.77. The normalized spacial score (nSPS) is 14.6. The summed E-state index contributed by atoms with van der Waals surface area (Å²) in [5, 5.41) is 7.71. The van der Waals surface area contributed by atoms with Gasteiger partial charge in [0.25, 0.3) is 5.56 Å². The first-order valence-corrected chi connectivity index (χ1v) is 10.4. The summed E-state index contributed by atoms with van der Waals surface area (Å²) < 4.78 is 3.48. The number of aryl methyl sites for hydroxylation is 3. The molecule has 0 unspecified atom stereocenters. The van der Waals surface area contributed by atoms with Crippen LogP contribution in [-0.4, -0.2) is 31.3 Å². The molecule has 152 valence electrons. The number of carbonyl (C=O) groups excluding carboxylic acids is 1. The van der Waals surface area contributed by atoms with E-state index < -0.39 is 0 Å². The third-order valence-electron chi connectivity index (χ3n) is 5.63. The Balaban J connectivity index is 1.66. The number of hydrogen-bond acceptors (Lipinski definition) is 4. The van der Waals surface area contributed by atoms with E-state index in [1.807, 2.05) is 44.2 Å². The smallest absolute Gasteiger partial charge is 0.273 e. The van der Waals surface area contributed by atoms with Crippen molar-refractivity contribution in [2.45, 2.75) is 65.0 Å². The van der Waals surface area contributed by atoms with Crippen LogP contribution in [0.3, 0.4) is 0 Å². The molecule has 1 aromatic carbocycles. The van der Waals surface area contributed by atoms with Crippen molar-refractivity contribution in [3.63, 3.8) is 0 Å². The lowest BCUT2D eigenvalue weighted by atomic mass is 10.2. The molecule has 1 aliphatic carbocycles.